The van der Waals surface area contributed by atoms with E-state index in [1.54, 1.807) is 0 Å². The fraction of sp³-hybridized carbons (Fsp3) is 0.545. The summed E-state index contributed by atoms with van der Waals surface area (Å²) in [5.74, 6) is 1.37. The highest BCUT2D eigenvalue weighted by Gasteiger charge is 2.27. The van der Waals surface area contributed by atoms with Gasteiger partial charge < -0.3 is 4.42 Å². The second-order valence-electron chi connectivity index (χ2n) is 4.45. The summed E-state index contributed by atoms with van der Waals surface area (Å²) in [6.07, 6.45) is 0. The Kier molecular flexibility index (Phi) is 2.33. The van der Waals surface area contributed by atoms with Gasteiger partial charge in [0.15, 0.2) is 5.76 Å². The van der Waals surface area contributed by atoms with Crippen LogP contribution >= 0.6 is 0 Å². The molecule has 0 spiro atoms. The van der Waals surface area contributed by atoms with Crippen molar-refractivity contribution in [3.05, 3.63) is 23.2 Å². The molecule has 2 nitrogen and oxygen atoms in total. The van der Waals surface area contributed by atoms with Gasteiger partial charge in [0, 0.05) is 5.41 Å². The quantitative estimate of drug-likeness (QED) is 0.621. The summed E-state index contributed by atoms with van der Waals surface area (Å²) < 4.78 is 5.35. The number of rotatable bonds is 1. The van der Waals surface area contributed by atoms with Gasteiger partial charge in [0.05, 0.1) is 0 Å². The average molecular weight is 180 g/mol. The van der Waals surface area contributed by atoms with Crippen LogP contribution in [0.5, 0.6) is 0 Å². The van der Waals surface area contributed by atoms with E-state index >= 15 is 0 Å². The van der Waals surface area contributed by atoms with Gasteiger partial charge >= 0.3 is 0 Å². The van der Waals surface area contributed by atoms with Crippen LogP contribution in [0.25, 0.3) is 0 Å². The van der Waals surface area contributed by atoms with Gasteiger partial charge in [-0.05, 0) is 25.5 Å². The zero-order valence-corrected chi connectivity index (χ0v) is 8.89. The van der Waals surface area contributed by atoms with Crippen LogP contribution in [0, 0.1) is 19.3 Å². The van der Waals surface area contributed by atoms with Gasteiger partial charge in [0.2, 0.25) is 5.78 Å². The predicted molar refractivity (Wildman–Crippen MR) is 52.0 cm³/mol. The highest BCUT2D eigenvalue weighted by atomic mass is 16.3. The van der Waals surface area contributed by atoms with Crippen LogP contribution in [0.2, 0.25) is 0 Å². The Balaban J connectivity index is 3.09. The molecule has 0 radical (unpaired) electrons. The van der Waals surface area contributed by atoms with Crippen LogP contribution in [-0.2, 0) is 0 Å². The lowest BCUT2D eigenvalue weighted by molar-refractivity contribution is 0.0826. The van der Waals surface area contributed by atoms with E-state index in [9.17, 15) is 4.79 Å². The lowest BCUT2D eigenvalue weighted by Gasteiger charge is -2.14. The van der Waals surface area contributed by atoms with E-state index in [1.807, 2.05) is 40.7 Å². The number of hydrogen-bond donors (Lipinski definition) is 0. The Labute approximate surface area is 78.9 Å². The third-order valence-corrected chi connectivity index (χ3v) is 1.93. The van der Waals surface area contributed by atoms with Crippen LogP contribution in [0.3, 0.4) is 0 Å². The monoisotopic (exact) mass is 180 g/mol. The molecule has 0 amide bonds. The third-order valence-electron chi connectivity index (χ3n) is 1.93. The molecule has 0 atom stereocenters. The molecule has 0 bridgehead atoms. The molecule has 1 aromatic heterocycles. The maximum atomic E-state index is 11.8. The largest absolute Gasteiger partial charge is 0.458 e. The van der Waals surface area contributed by atoms with E-state index < -0.39 is 0 Å². The molecule has 0 aliphatic rings. The number of carbonyl (C=O) groups is 1. The molecule has 0 saturated carbocycles. The van der Waals surface area contributed by atoms with Crippen molar-refractivity contribution in [3.63, 3.8) is 0 Å². The summed E-state index contributed by atoms with van der Waals surface area (Å²) in [7, 11) is 0. The van der Waals surface area contributed by atoms with Crippen LogP contribution in [0.4, 0.5) is 0 Å². The SMILES string of the molecule is Cc1cc(C)c(C(=O)C(C)(C)C)o1. The lowest BCUT2D eigenvalue weighted by atomic mass is 9.88. The van der Waals surface area contributed by atoms with Crippen LogP contribution in [0.1, 0.15) is 42.6 Å². The zero-order valence-electron chi connectivity index (χ0n) is 8.89. The second-order valence-corrected chi connectivity index (χ2v) is 4.45. The van der Waals surface area contributed by atoms with Gasteiger partial charge in [-0.2, -0.15) is 0 Å². The van der Waals surface area contributed by atoms with Crippen LogP contribution in [0.15, 0.2) is 10.5 Å². The van der Waals surface area contributed by atoms with Gasteiger partial charge in [-0.1, -0.05) is 20.8 Å². The first kappa shape index (κ1) is 10.0. The third kappa shape index (κ3) is 2.00. The van der Waals surface area contributed by atoms with Crippen LogP contribution < -0.4 is 0 Å². The molecular weight excluding hydrogens is 164 g/mol. The van der Waals surface area contributed by atoms with Crippen molar-refractivity contribution >= 4 is 5.78 Å². The number of hydrogen-bond acceptors (Lipinski definition) is 2. The molecule has 1 heterocycles. The maximum Gasteiger partial charge on any atom is 0.203 e. The standard InChI is InChI=1S/C11H16O2/c1-7-6-8(2)13-9(7)10(12)11(3,4)5/h6H,1-5H3. The molecule has 0 saturated heterocycles. The molecule has 1 rings (SSSR count). The minimum atomic E-state index is -0.366. The first-order valence-electron chi connectivity index (χ1n) is 4.44. The number of furan rings is 1. The Bertz CT molecular complexity index is 326. The van der Waals surface area contributed by atoms with E-state index in [0.717, 1.165) is 11.3 Å². The molecule has 0 aliphatic heterocycles. The van der Waals surface area contributed by atoms with Crippen molar-refractivity contribution in [2.24, 2.45) is 5.41 Å². The molecule has 0 unspecified atom stereocenters. The summed E-state index contributed by atoms with van der Waals surface area (Å²) in [5, 5.41) is 0. The summed E-state index contributed by atoms with van der Waals surface area (Å²) >= 11 is 0. The molecule has 1 aromatic rings. The normalized spacial score (nSPS) is 11.8. The smallest absolute Gasteiger partial charge is 0.203 e. The summed E-state index contributed by atoms with van der Waals surface area (Å²) in [6.45, 7) is 9.44. The molecule has 0 aromatic carbocycles. The highest BCUT2D eigenvalue weighted by molar-refractivity contribution is 5.98. The first-order chi connectivity index (χ1) is 5.82. The number of ketones is 1. The molecule has 0 aliphatic carbocycles. The predicted octanol–water partition coefficient (Wildman–Crippen LogP) is 3.13. The van der Waals surface area contributed by atoms with Gasteiger partial charge in [-0.15, -0.1) is 0 Å². The van der Waals surface area contributed by atoms with Crippen LogP contribution in [-0.4, -0.2) is 5.78 Å². The van der Waals surface area contributed by atoms with Gasteiger partial charge in [-0.3, -0.25) is 4.79 Å². The van der Waals surface area contributed by atoms with Gasteiger partial charge in [0.1, 0.15) is 5.76 Å². The summed E-state index contributed by atoms with van der Waals surface area (Å²) in [4.78, 5) is 11.8. The van der Waals surface area contributed by atoms with Crippen molar-refractivity contribution in [1.29, 1.82) is 0 Å². The molecule has 13 heavy (non-hydrogen) atoms. The number of carbonyl (C=O) groups excluding carboxylic acids is 1. The van der Waals surface area contributed by atoms with E-state index in [-0.39, 0.29) is 11.2 Å². The zero-order chi connectivity index (χ0) is 10.2. The number of aryl methyl sites for hydroxylation is 2. The minimum Gasteiger partial charge on any atom is -0.458 e. The van der Waals surface area contributed by atoms with Crippen molar-refractivity contribution < 1.29 is 9.21 Å². The molecule has 0 N–H and O–H groups in total. The number of Topliss-reactive ketones (excluding diaryl/α,β-unsaturated/α-hetero) is 1. The fourth-order valence-corrected chi connectivity index (χ4v) is 1.21. The Morgan fingerprint density at radius 3 is 2.15 bits per heavy atom. The van der Waals surface area contributed by atoms with E-state index in [1.165, 1.54) is 0 Å². The van der Waals surface area contributed by atoms with E-state index in [0.29, 0.717) is 5.76 Å². The maximum absolute atomic E-state index is 11.8. The molecule has 0 fully saturated rings. The average Bonchev–Trinajstić information content (AvgIpc) is 2.26. The fourth-order valence-electron chi connectivity index (χ4n) is 1.21. The second kappa shape index (κ2) is 3.02. The Morgan fingerprint density at radius 1 is 1.31 bits per heavy atom. The molecular formula is C11H16O2. The summed E-state index contributed by atoms with van der Waals surface area (Å²) in [5.41, 5.74) is 0.562. The van der Waals surface area contributed by atoms with E-state index in [2.05, 4.69) is 0 Å². The van der Waals surface area contributed by atoms with Gasteiger partial charge in [0.25, 0.3) is 0 Å². The van der Waals surface area contributed by atoms with Crippen molar-refractivity contribution in [2.75, 3.05) is 0 Å². The summed E-state index contributed by atoms with van der Waals surface area (Å²) in [6, 6.07) is 1.89. The van der Waals surface area contributed by atoms with E-state index in [4.69, 9.17) is 4.42 Å². The van der Waals surface area contributed by atoms with Gasteiger partial charge in [-0.25, -0.2) is 0 Å². The highest BCUT2D eigenvalue weighted by Crippen LogP contribution is 2.24. The molecule has 72 valence electrons. The Hall–Kier alpha value is -1.05. The van der Waals surface area contributed by atoms with Crippen molar-refractivity contribution in [3.8, 4) is 0 Å². The molecule has 2 heteroatoms. The first-order valence-corrected chi connectivity index (χ1v) is 4.44. The van der Waals surface area contributed by atoms with Crippen molar-refractivity contribution in [1.82, 2.24) is 0 Å². The topological polar surface area (TPSA) is 30.2 Å². The minimum absolute atomic E-state index is 0.0677. The lowest BCUT2D eigenvalue weighted by Crippen LogP contribution is -2.20. The van der Waals surface area contributed by atoms with Crippen molar-refractivity contribution in [2.45, 2.75) is 34.6 Å². The Morgan fingerprint density at radius 2 is 1.85 bits per heavy atom.